The van der Waals surface area contributed by atoms with E-state index in [0.717, 1.165) is 0 Å². The number of anilines is 1. The van der Waals surface area contributed by atoms with Crippen LogP contribution in [0, 0.1) is 0 Å². The van der Waals surface area contributed by atoms with Crippen LogP contribution in [0.1, 0.15) is 16.5 Å². The molecule has 1 aliphatic heterocycles. The van der Waals surface area contributed by atoms with Crippen molar-refractivity contribution in [2.45, 2.75) is 6.04 Å². The highest BCUT2D eigenvalue weighted by atomic mass is 16.4. The number of hydrogen-bond donors (Lipinski definition) is 1. The minimum absolute atomic E-state index is 0.00214. The van der Waals surface area contributed by atoms with E-state index in [9.17, 15) is 9.59 Å². The van der Waals surface area contributed by atoms with E-state index in [1.807, 2.05) is 4.90 Å². The first-order chi connectivity index (χ1) is 9.56. The van der Waals surface area contributed by atoms with Gasteiger partial charge in [-0.05, 0) is 0 Å². The molecule has 3 heterocycles. The van der Waals surface area contributed by atoms with E-state index >= 15 is 0 Å². The molecule has 0 aliphatic carbocycles. The van der Waals surface area contributed by atoms with Gasteiger partial charge < -0.3 is 14.6 Å². The number of carbonyl (C=O) groups is 1. The normalized spacial score (nSPS) is 15.2. The zero-order valence-corrected chi connectivity index (χ0v) is 10.7. The van der Waals surface area contributed by atoms with Crippen molar-refractivity contribution in [2.75, 3.05) is 18.0 Å². The van der Waals surface area contributed by atoms with E-state index < -0.39 is 5.97 Å². The van der Waals surface area contributed by atoms with Crippen LogP contribution in [0.15, 0.2) is 23.4 Å². The number of carboxylic acids is 1. The highest BCUT2D eigenvalue weighted by Crippen LogP contribution is 2.23. The molecule has 2 aromatic heterocycles. The molecular formula is C11H12N6O3. The lowest BCUT2D eigenvalue weighted by molar-refractivity contribution is 0.0690. The lowest BCUT2D eigenvalue weighted by Gasteiger charge is -2.39. The summed E-state index contributed by atoms with van der Waals surface area (Å²) in [5.41, 5.74) is -0.243. The molecule has 9 nitrogen and oxygen atoms in total. The van der Waals surface area contributed by atoms with Crippen molar-refractivity contribution < 1.29 is 9.90 Å². The second-order valence-electron chi connectivity index (χ2n) is 4.61. The number of rotatable bonds is 3. The second-order valence-corrected chi connectivity index (χ2v) is 4.61. The average molecular weight is 276 g/mol. The lowest BCUT2D eigenvalue weighted by Crippen LogP contribution is -2.50. The topological polar surface area (TPSA) is 106 Å². The Balaban J connectivity index is 1.73. The molecule has 20 heavy (non-hydrogen) atoms. The number of nitrogens with zero attached hydrogens (tertiary/aromatic N) is 6. The quantitative estimate of drug-likeness (QED) is 0.776. The van der Waals surface area contributed by atoms with E-state index in [0.29, 0.717) is 18.9 Å². The minimum atomic E-state index is -1.11. The number of hydrogen-bond acceptors (Lipinski definition) is 6. The van der Waals surface area contributed by atoms with E-state index in [1.54, 1.807) is 19.4 Å². The number of carboxylic acid groups (broad SMARTS) is 1. The van der Waals surface area contributed by atoms with Gasteiger partial charge in [0.2, 0.25) is 0 Å². The van der Waals surface area contributed by atoms with Gasteiger partial charge in [0.15, 0.2) is 11.5 Å². The SMILES string of the molecule is Cn1ccnc(N2CC(n3cc(C(=O)O)nn3)C2)c1=O. The molecule has 0 saturated carbocycles. The third-order valence-electron chi connectivity index (χ3n) is 3.26. The molecule has 0 amide bonds. The summed E-state index contributed by atoms with van der Waals surface area (Å²) in [5.74, 6) is -0.712. The molecule has 1 fully saturated rings. The summed E-state index contributed by atoms with van der Waals surface area (Å²) >= 11 is 0. The molecule has 0 unspecified atom stereocenters. The van der Waals surface area contributed by atoms with Crippen LogP contribution < -0.4 is 10.5 Å². The summed E-state index contributed by atoms with van der Waals surface area (Å²) in [4.78, 5) is 28.5. The van der Waals surface area contributed by atoms with Crippen molar-refractivity contribution in [3.8, 4) is 0 Å². The van der Waals surface area contributed by atoms with Crippen molar-refractivity contribution in [1.29, 1.82) is 0 Å². The van der Waals surface area contributed by atoms with E-state index in [-0.39, 0.29) is 17.3 Å². The van der Waals surface area contributed by atoms with Crippen molar-refractivity contribution in [2.24, 2.45) is 7.05 Å². The second kappa shape index (κ2) is 4.44. The van der Waals surface area contributed by atoms with Gasteiger partial charge in [0, 0.05) is 32.5 Å². The fraction of sp³-hybridized carbons (Fsp3) is 0.364. The zero-order valence-electron chi connectivity index (χ0n) is 10.7. The maximum Gasteiger partial charge on any atom is 0.358 e. The molecule has 0 aromatic carbocycles. The standard InChI is InChI=1S/C11H12N6O3/c1-15-3-2-12-9(10(15)18)16-4-7(5-16)17-6-8(11(19)20)13-14-17/h2-3,6-7H,4-5H2,1H3,(H,19,20). The Kier molecular flexibility index (Phi) is 2.74. The van der Waals surface area contributed by atoms with Gasteiger partial charge in [0.1, 0.15) is 0 Å². The molecule has 1 N–H and O–H groups in total. The summed E-state index contributed by atoms with van der Waals surface area (Å²) < 4.78 is 2.97. The molecule has 0 atom stereocenters. The highest BCUT2D eigenvalue weighted by Gasteiger charge is 2.32. The minimum Gasteiger partial charge on any atom is -0.476 e. The van der Waals surface area contributed by atoms with Crippen molar-refractivity contribution >= 4 is 11.8 Å². The number of aromatic nitrogens is 5. The van der Waals surface area contributed by atoms with Crippen LogP contribution in [0.3, 0.4) is 0 Å². The Hall–Kier alpha value is -2.71. The predicted octanol–water partition coefficient (Wildman–Crippen LogP) is -0.869. The van der Waals surface area contributed by atoms with Gasteiger partial charge in [0.25, 0.3) is 5.56 Å². The zero-order chi connectivity index (χ0) is 14.3. The van der Waals surface area contributed by atoms with Gasteiger partial charge >= 0.3 is 5.97 Å². The summed E-state index contributed by atoms with van der Waals surface area (Å²) in [5, 5.41) is 16.1. The first-order valence-electron chi connectivity index (χ1n) is 5.98. The molecule has 1 saturated heterocycles. The third kappa shape index (κ3) is 1.92. The van der Waals surface area contributed by atoms with Crippen LogP contribution in [0.25, 0.3) is 0 Å². The van der Waals surface area contributed by atoms with Crippen molar-refractivity contribution in [3.05, 3.63) is 34.6 Å². The van der Waals surface area contributed by atoms with Gasteiger partial charge in [-0.15, -0.1) is 5.10 Å². The smallest absolute Gasteiger partial charge is 0.358 e. The summed E-state index contributed by atoms with van der Waals surface area (Å²) in [6.07, 6.45) is 4.56. The molecule has 2 aromatic rings. The van der Waals surface area contributed by atoms with Gasteiger partial charge in [-0.1, -0.05) is 5.21 Å². The molecular weight excluding hydrogens is 264 g/mol. The monoisotopic (exact) mass is 276 g/mol. The van der Waals surface area contributed by atoms with Crippen LogP contribution >= 0.6 is 0 Å². The van der Waals surface area contributed by atoms with Crippen molar-refractivity contribution in [1.82, 2.24) is 24.5 Å². The van der Waals surface area contributed by atoms with Crippen LogP contribution in [-0.4, -0.2) is 48.7 Å². The fourth-order valence-electron chi connectivity index (χ4n) is 2.05. The molecule has 3 rings (SSSR count). The molecule has 0 spiro atoms. The maximum absolute atomic E-state index is 11.9. The lowest BCUT2D eigenvalue weighted by atomic mass is 10.1. The van der Waals surface area contributed by atoms with Gasteiger partial charge in [-0.2, -0.15) is 0 Å². The number of aryl methyl sites for hydroxylation is 1. The van der Waals surface area contributed by atoms with E-state index in [4.69, 9.17) is 5.11 Å². The number of aromatic carboxylic acids is 1. The molecule has 0 bridgehead atoms. The van der Waals surface area contributed by atoms with E-state index in [1.165, 1.54) is 15.4 Å². The van der Waals surface area contributed by atoms with Crippen molar-refractivity contribution in [3.63, 3.8) is 0 Å². The average Bonchev–Trinajstić information content (AvgIpc) is 2.82. The summed E-state index contributed by atoms with van der Waals surface area (Å²) in [7, 11) is 1.67. The maximum atomic E-state index is 11.9. The fourth-order valence-corrected chi connectivity index (χ4v) is 2.05. The van der Waals surface area contributed by atoms with Crippen LogP contribution in [0.5, 0.6) is 0 Å². The summed E-state index contributed by atoms with van der Waals surface area (Å²) in [6.45, 7) is 1.10. The molecule has 1 aliphatic rings. The van der Waals surface area contributed by atoms with Gasteiger partial charge in [0.05, 0.1) is 12.2 Å². The largest absolute Gasteiger partial charge is 0.476 e. The molecule has 104 valence electrons. The van der Waals surface area contributed by atoms with Crippen LogP contribution in [0.4, 0.5) is 5.82 Å². The highest BCUT2D eigenvalue weighted by molar-refractivity contribution is 5.84. The Labute approximate surface area is 113 Å². The Morgan fingerprint density at radius 3 is 2.85 bits per heavy atom. The molecule has 9 heteroatoms. The van der Waals surface area contributed by atoms with E-state index in [2.05, 4.69) is 15.3 Å². The third-order valence-corrected chi connectivity index (χ3v) is 3.26. The predicted molar refractivity (Wildman–Crippen MR) is 67.7 cm³/mol. The van der Waals surface area contributed by atoms with Crippen LogP contribution in [-0.2, 0) is 7.05 Å². The Morgan fingerprint density at radius 1 is 1.45 bits per heavy atom. The van der Waals surface area contributed by atoms with Gasteiger partial charge in [-0.3, -0.25) is 4.79 Å². The Bertz CT molecular complexity index is 715. The van der Waals surface area contributed by atoms with Gasteiger partial charge in [-0.25, -0.2) is 14.5 Å². The Morgan fingerprint density at radius 2 is 2.20 bits per heavy atom. The first kappa shape index (κ1) is 12.3. The van der Waals surface area contributed by atoms with Crippen LogP contribution in [0.2, 0.25) is 0 Å². The summed E-state index contributed by atoms with van der Waals surface area (Å²) in [6, 6.07) is 0.00214. The molecule has 0 radical (unpaired) electrons. The first-order valence-corrected chi connectivity index (χ1v) is 5.98.